The summed E-state index contributed by atoms with van der Waals surface area (Å²) in [7, 11) is -3.95. The van der Waals surface area contributed by atoms with E-state index in [9.17, 15) is 45.1 Å². The van der Waals surface area contributed by atoms with Crippen molar-refractivity contribution in [2.24, 2.45) is 5.92 Å². The number of aliphatic hydroxyl groups is 1. The third kappa shape index (κ3) is 10.6. The summed E-state index contributed by atoms with van der Waals surface area (Å²) >= 11 is 0. The van der Waals surface area contributed by atoms with E-state index in [-0.39, 0.29) is 36.7 Å². The van der Waals surface area contributed by atoms with Crippen LogP contribution < -0.4 is 10.6 Å². The molecule has 2 atom stereocenters. The van der Waals surface area contributed by atoms with E-state index in [4.69, 9.17) is 4.74 Å². The molecule has 15 heteroatoms. The first-order chi connectivity index (χ1) is 21.3. The Morgan fingerprint density at radius 2 is 1.48 bits per heavy atom. The molecule has 2 aromatic rings. The van der Waals surface area contributed by atoms with Crippen molar-refractivity contribution in [1.82, 2.24) is 14.9 Å². The van der Waals surface area contributed by atoms with E-state index in [1.165, 1.54) is 37.2 Å². The highest BCUT2D eigenvalue weighted by Gasteiger charge is 2.33. The summed E-state index contributed by atoms with van der Waals surface area (Å²) in [5.41, 5.74) is -1.45. The van der Waals surface area contributed by atoms with Crippen LogP contribution in [-0.2, 0) is 26.0 Å². The summed E-state index contributed by atoms with van der Waals surface area (Å²) in [4.78, 5) is 25.4. The van der Waals surface area contributed by atoms with E-state index < -0.39 is 87.4 Å². The second-order valence-corrected chi connectivity index (χ2v) is 14.2. The number of ether oxygens (including phenoxy) is 1. The molecule has 0 unspecified atom stereocenters. The highest BCUT2D eigenvalue weighted by atomic mass is 32.2. The van der Waals surface area contributed by atoms with Gasteiger partial charge in [0.15, 0.2) is 23.3 Å². The molecule has 2 rings (SSSR count). The molecule has 3 N–H and O–H groups in total. The van der Waals surface area contributed by atoms with E-state index in [1.807, 2.05) is 20.8 Å². The maximum Gasteiger partial charge on any atom is 0.408 e. The predicted molar refractivity (Wildman–Crippen MR) is 161 cm³/mol. The molecule has 0 fully saturated rings. The molecule has 0 saturated heterocycles. The molecule has 9 nitrogen and oxygen atoms in total. The Balaban J connectivity index is 2.14. The number of aliphatic hydroxyl groups excluding tert-OH is 1. The van der Waals surface area contributed by atoms with Crippen molar-refractivity contribution in [2.75, 3.05) is 19.7 Å². The number of aryl methyl sites for hydroxylation is 1. The van der Waals surface area contributed by atoms with Crippen molar-refractivity contribution in [2.45, 2.75) is 89.8 Å². The van der Waals surface area contributed by atoms with E-state index in [2.05, 4.69) is 10.6 Å². The number of amides is 2. The first-order valence-corrected chi connectivity index (χ1v) is 16.2. The minimum Gasteiger partial charge on any atom is -0.444 e. The highest BCUT2D eigenvalue weighted by molar-refractivity contribution is 7.89. The SMILES string of the molecule is Cc1ccc(S(=O)(=O)N(CC(C)C)[C@H](CO)CCCCNC(=O)[C@H](Cc2c(F)c(F)c(F)c(F)c2F)NC(=O)OC(C)(C)C)cc1. The van der Waals surface area contributed by atoms with Crippen molar-refractivity contribution in [3.05, 3.63) is 64.5 Å². The third-order valence-corrected chi connectivity index (χ3v) is 8.70. The first-order valence-electron chi connectivity index (χ1n) is 14.8. The number of hydrogen-bond donors (Lipinski definition) is 3. The number of unbranched alkanes of at least 4 members (excludes halogenated alkanes) is 1. The van der Waals surface area contributed by atoms with Gasteiger partial charge in [0, 0.05) is 31.1 Å². The fourth-order valence-corrected chi connectivity index (χ4v) is 6.32. The normalized spacial score (nSPS) is 13.5. The van der Waals surface area contributed by atoms with Crippen LogP contribution in [0.25, 0.3) is 0 Å². The van der Waals surface area contributed by atoms with Crippen LogP contribution in [0, 0.1) is 41.9 Å². The molecular weight excluding hydrogens is 637 g/mol. The van der Waals surface area contributed by atoms with Crippen molar-refractivity contribution >= 4 is 22.0 Å². The quantitative estimate of drug-likeness (QED) is 0.104. The van der Waals surface area contributed by atoms with Gasteiger partial charge in [-0.3, -0.25) is 4.79 Å². The standard InChI is InChI=1S/C31H42F5N3O6S/c1-18(2)16-39(46(43,44)21-12-10-19(3)11-13-21)20(17-40)9-7-8-14-37-29(41)23(38-30(42)45-31(4,5)6)15-22-24(32)26(34)28(36)27(35)25(22)33/h10-13,18,20,23,40H,7-9,14-17H2,1-6H3,(H,37,41)(H,38,42)/t20-,23-/m0/s1. The number of nitrogens with zero attached hydrogens (tertiary/aromatic N) is 1. The maximum absolute atomic E-state index is 14.4. The zero-order valence-electron chi connectivity index (χ0n) is 26.7. The Bertz CT molecular complexity index is 1440. The third-order valence-electron chi connectivity index (χ3n) is 6.77. The van der Waals surface area contributed by atoms with E-state index in [0.29, 0.717) is 6.42 Å². The van der Waals surface area contributed by atoms with E-state index in [0.717, 1.165) is 5.56 Å². The fourth-order valence-electron chi connectivity index (χ4n) is 4.51. The molecule has 2 amide bonds. The molecule has 46 heavy (non-hydrogen) atoms. The van der Waals surface area contributed by atoms with Crippen molar-refractivity contribution in [1.29, 1.82) is 0 Å². The van der Waals surface area contributed by atoms with Gasteiger partial charge in [-0.05, 0) is 58.6 Å². The lowest BCUT2D eigenvalue weighted by Crippen LogP contribution is -2.49. The molecule has 258 valence electrons. The number of sulfonamides is 1. The van der Waals surface area contributed by atoms with Gasteiger partial charge in [0.2, 0.25) is 21.7 Å². The summed E-state index contributed by atoms with van der Waals surface area (Å²) in [6.07, 6.45) is -1.45. The van der Waals surface area contributed by atoms with Crippen LogP contribution >= 0.6 is 0 Å². The summed E-state index contributed by atoms with van der Waals surface area (Å²) in [5, 5.41) is 14.7. The number of carbonyl (C=O) groups excluding carboxylic acids is 2. The van der Waals surface area contributed by atoms with Gasteiger partial charge in [0.25, 0.3) is 0 Å². The topological polar surface area (TPSA) is 125 Å². The van der Waals surface area contributed by atoms with Crippen LogP contribution in [0.15, 0.2) is 29.2 Å². The lowest BCUT2D eigenvalue weighted by Gasteiger charge is -2.31. The van der Waals surface area contributed by atoms with E-state index >= 15 is 0 Å². The first kappa shape index (κ1) is 38.9. The Morgan fingerprint density at radius 1 is 0.935 bits per heavy atom. The van der Waals surface area contributed by atoms with Crippen molar-refractivity contribution in [3.8, 4) is 0 Å². The Hall–Kier alpha value is -3.30. The molecule has 2 aromatic carbocycles. The molecule has 0 aromatic heterocycles. The zero-order chi connectivity index (χ0) is 35.0. The minimum absolute atomic E-state index is 0.0549. The lowest BCUT2D eigenvalue weighted by atomic mass is 10.0. The second-order valence-electron chi connectivity index (χ2n) is 12.4. The lowest BCUT2D eigenvalue weighted by molar-refractivity contribution is -0.123. The smallest absolute Gasteiger partial charge is 0.408 e. The Kier molecular flexibility index (Phi) is 13.9. The fraction of sp³-hybridized carbons (Fsp3) is 0.548. The number of hydrogen-bond acceptors (Lipinski definition) is 6. The summed E-state index contributed by atoms with van der Waals surface area (Å²) in [6.45, 7) is 9.67. The van der Waals surface area contributed by atoms with Crippen LogP contribution in [0.5, 0.6) is 0 Å². The Labute approximate surface area is 266 Å². The number of nitrogens with one attached hydrogen (secondary N) is 2. The molecule has 0 aliphatic heterocycles. The number of benzene rings is 2. The minimum atomic E-state index is -3.95. The van der Waals surface area contributed by atoms with Crippen molar-refractivity contribution < 1.29 is 49.8 Å². The highest BCUT2D eigenvalue weighted by Crippen LogP contribution is 2.25. The predicted octanol–water partition coefficient (Wildman–Crippen LogP) is 5.12. The van der Waals surface area contributed by atoms with Gasteiger partial charge in [0.1, 0.15) is 11.6 Å². The van der Waals surface area contributed by atoms with Crippen molar-refractivity contribution in [3.63, 3.8) is 0 Å². The molecular formula is C31H42F5N3O6S. The number of halogens is 5. The molecule has 0 radical (unpaired) electrons. The second kappa shape index (κ2) is 16.5. The van der Waals surface area contributed by atoms with Gasteiger partial charge in [-0.1, -0.05) is 38.0 Å². The van der Waals surface area contributed by atoms with Crippen LogP contribution in [-0.4, -0.2) is 67.2 Å². The van der Waals surface area contributed by atoms with E-state index in [1.54, 1.807) is 12.1 Å². The summed E-state index contributed by atoms with van der Waals surface area (Å²) in [6, 6.07) is 3.78. The van der Waals surface area contributed by atoms with Crippen LogP contribution in [0.1, 0.15) is 65.0 Å². The zero-order valence-corrected chi connectivity index (χ0v) is 27.5. The average molecular weight is 680 g/mol. The van der Waals surface area contributed by atoms with Crippen LogP contribution in [0.2, 0.25) is 0 Å². The summed E-state index contributed by atoms with van der Waals surface area (Å²) < 4.78 is 103. The molecule has 0 aliphatic rings. The van der Waals surface area contributed by atoms with Crippen LogP contribution in [0.4, 0.5) is 26.7 Å². The number of alkyl carbamates (subject to hydrolysis) is 1. The number of rotatable bonds is 15. The van der Waals surface area contributed by atoms with Crippen LogP contribution in [0.3, 0.4) is 0 Å². The maximum atomic E-state index is 14.4. The monoisotopic (exact) mass is 679 g/mol. The van der Waals surface area contributed by atoms with Gasteiger partial charge in [-0.25, -0.2) is 35.2 Å². The van der Waals surface area contributed by atoms with Gasteiger partial charge in [0.05, 0.1) is 11.5 Å². The number of carbonyl (C=O) groups is 2. The molecule has 0 spiro atoms. The van der Waals surface area contributed by atoms with Gasteiger partial charge < -0.3 is 20.5 Å². The molecule has 0 bridgehead atoms. The molecule has 0 aliphatic carbocycles. The molecule has 0 heterocycles. The van der Waals surface area contributed by atoms with Gasteiger partial charge in [-0.15, -0.1) is 0 Å². The largest absolute Gasteiger partial charge is 0.444 e. The molecule has 0 saturated carbocycles. The van der Waals surface area contributed by atoms with Gasteiger partial charge in [-0.2, -0.15) is 4.31 Å². The average Bonchev–Trinajstić information content (AvgIpc) is 2.96. The summed E-state index contributed by atoms with van der Waals surface area (Å²) in [5.74, 6) is -12.1. The Morgan fingerprint density at radius 3 is 1.98 bits per heavy atom. The van der Waals surface area contributed by atoms with Gasteiger partial charge >= 0.3 is 6.09 Å².